The van der Waals surface area contributed by atoms with Crippen LogP contribution in [0.5, 0.6) is 11.5 Å². The van der Waals surface area contributed by atoms with Gasteiger partial charge in [0.05, 0.1) is 6.07 Å². The van der Waals surface area contributed by atoms with Crippen molar-refractivity contribution in [1.29, 1.82) is 5.26 Å². The number of nitriles is 1. The third-order valence-electron chi connectivity index (χ3n) is 10.8. The van der Waals surface area contributed by atoms with E-state index in [-0.39, 0.29) is 57.8 Å². The summed E-state index contributed by atoms with van der Waals surface area (Å²) in [5.74, 6) is -3.26. The fraction of sp³-hybridized carbons (Fsp3) is 0.478. The average Bonchev–Trinajstić information content (AvgIpc) is 3.26. The van der Waals surface area contributed by atoms with Crippen LogP contribution in [-0.2, 0) is 32.0 Å². The molecule has 0 aliphatic carbocycles. The summed E-state index contributed by atoms with van der Waals surface area (Å²) in [6, 6.07) is 9.72. The summed E-state index contributed by atoms with van der Waals surface area (Å²) in [6.45, 7) is 5.58. The highest BCUT2D eigenvalue weighted by Crippen LogP contribution is 2.40. The van der Waals surface area contributed by atoms with Crippen LogP contribution in [0.4, 0.5) is 4.39 Å². The van der Waals surface area contributed by atoms with Crippen molar-refractivity contribution in [1.82, 2.24) is 26.2 Å². The molecule has 16 nitrogen and oxygen atoms in total. The number of amides is 5. The Morgan fingerprint density at radius 1 is 0.921 bits per heavy atom. The van der Waals surface area contributed by atoms with Crippen molar-refractivity contribution in [3.63, 3.8) is 0 Å². The van der Waals surface area contributed by atoms with Gasteiger partial charge < -0.3 is 52.8 Å². The summed E-state index contributed by atoms with van der Waals surface area (Å²) < 4.78 is 27.5. The lowest BCUT2D eigenvalue weighted by molar-refractivity contribution is -0.141. The normalized spacial score (nSPS) is 16.7. The number of ether oxygens (including phenoxy) is 2. The van der Waals surface area contributed by atoms with Gasteiger partial charge >= 0.3 is 0 Å². The summed E-state index contributed by atoms with van der Waals surface area (Å²) in [5.41, 5.74) is 20.5. The Kier molecular flexibility index (Phi) is 19.3. The Balaban J connectivity index is 1.80. The second kappa shape index (κ2) is 24.5. The largest absolute Gasteiger partial charge is 0.492 e. The van der Waals surface area contributed by atoms with Crippen molar-refractivity contribution in [3.05, 3.63) is 82.2 Å². The number of rotatable bonds is 20. The van der Waals surface area contributed by atoms with E-state index < -0.39 is 59.5 Å². The van der Waals surface area contributed by atoms with Crippen molar-refractivity contribution < 1.29 is 37.8 Å². The van der Waals surface area contributed by atoms with E-state index in [0.717, 1.165) is 37.0 Å². The molecule has 4 atom stereocenters. The predicted molar refractivity (Wildman–Crippen MR) is 237 cm³/mol. The summed E-state index contributed by atoms with van der Waals surface area (Å²) in [7, 11) is 1.39. The highest BCUT2D eigenvalue weighted by atomic mass is 19.1. The Morgan fingerprint density at radius 3 is 2.24 bits per heavy atom. The van der Waals surface area contributed by atoms with E-state index in [1.54, 1.807) is 49.4 Å². The highest BCUT2D eigenvalue weighted by molar-refractivity contribution is 6.00. The molecule has 63 heavy (non-hydrogen) atoms. The Bertz CT molecular complexity index is 2130. The van der Waals surface area contributed by atoms with E-state index in [1.807, 2.05) is 6.07 Å². The van der Waals surface area contributed by atoms with Crippen LogP contribution in [0.15, 0.2) is 48.5 Å². The van der Waals surface area contributed by atoms with Gasteiger partial charge in [0.25, 0.3) is 5.91 Å². The molecule has 0 radical (unpaired) electrons. The third kappa shape index (κ3) is 13.5. The number of aryl methyl sites for hydroxylation is 2. The van der Waals surface area contributed by atoms with Crippen LogP contribution in [-0.4, -0.2) is 99.0 Å². The molecule has 1 heterocycles. The molecule has 0 unspecified atom stereocenters. The monoisotopic (exact) mass is 871 g/mol. The quantitative estimate of drug-likeness (QED) is 0.0642. The topological polar surface area (TPSA) is 257 Å². The molecule has 0 spiro atoms. The molecule has 0 saturated heterocycles. The second-order valence-electron chi connectivity index (χ2n) is 15.6. The fourth-order valence-electron chi connectivity index (χ4n) is 7.46. The molecule has 0 fully saturated rings. The van der Waals surface area contributed by atoms with Crippen molar-refractivity contribution in [3.8, 4) is 28.7 Å². The number of benzene rings is 3. The van der Waals surface area contributed by atoms with Crippen LogP contribution in [0.3, 0.4) is 0 Å². The van der Waals surface area contributed by atoms with Gasteiger partial charge in [-0.15, -0.1) is 0 Å². The molecule has 4 rings (SSSR count). The summed E-state index contributed by atoms with van der Waals surface area (Å²) in [4.78, 5) is 71.0. The zero-order valence-corrected chi connectivity index (χ0v) is 36.7. The Hall–Kier alpha value is -6.09. The molecule has 5 amide bonds. The summed E-state index contributed by atoms with van der Waals surface area (Å²) in [5, 5.41) is 19.7. The second-order valence-corrected chi connectivity index (χ2v) is 15.6. The fourth-order valence-corrected chi connectivity index (χ4v) is 7.46. The van der Waals surface area contributed by atoms with Gasteiger partial charge in [-0.05, 0) is 92.2 Å². The molecule has 340 valence electrons. The van der Waals surface area contributed by atoms with Gasteiger partial charge in [0, 0.05) is 43.2 Å². The lowest BCUT2D eigenvalue weighted by Crippen LogP contribution is -2.56. The lowest BCUT2D eigenvalue weighted by Gasteiger charge is -2.32. The number of fused-ring (bicyclic) bond motifs is 5. The van der Waals surface area contributed by atoms with E-state index >= 15 is 4.39 Å². The van der Waals surface area contributed by atoms with E-state index in [1.165, 1.54) is 20.0 Å². The van der Waals surface area contributed by atoms with E-state index in [2.05, 4.69) is 28.2 Å². The van der Waals surface area contributed by atoms with Crippen LogP contribution >= 0.6 is 0 Å². The SMILES string of the molecule is CCCCCCCc1cc(C)c(C(=O)N[C@@H](CCN)C(=O)N(C)[C@@H]2C(=O)N[C@@H](C)C(=O)N[C@H](C(=O)NCC#N)Cc3ccc(OCCN)c(c3)-c3cc2ccc3OCCN)cc1F. The number of halogens is 1. The first-order chi connectivity index (χ1) is 30.3. The molecule has 1 aliphatic heterocycles. The minimum atomic E-state index is -1.42. The molecule has 0 saturated carbocycles. The number of carbonyl (C=O) groups excluding carboxylic acids is 5. The lowest BCUT2D eigenvalue weighted by atomic mass is 9.93. The van der Waals surface area contributed by atoms with Gasteiger partial charge in [-0.2, -0.15) is 5.26 Å². The van der Waals surface area contributed by atoms with Crippen LogP contribution < -0.4 is 47.9 Å². The maximum atomic E-state index is 15.4. The number of carbonyl (C=O) groups is 5. The van der Waals surface area contributed by atoms with Crippen LogP contribution in [0.25, 0.3) is 11.1 Å². The van der Waals surface area contributed by atoms with E-state index in [4.69, 9.17) is 31.9 Å². The number of unbranched alkanes of at least 4 members (excludes halogenated alkanes) is 4. The van der Waals surface area contributed by atoms with Gasteiger partial charge in [0.1, 0.15) is 61.2 Å². The number of nitrogens with zero attached hydrogens (tertiary/aromatic N) is 2. The van der Waals surface area contributed by atoms with Crippen molar-refractivity contribution in [2.24, 2.45) is 17.2 Å². The first-order valence-corrected chi connectivity index (χ1v) is 21.5. The van der Waals surface area contributed by atoms with Gasteiger partial charge in [-0.25, -0.2) is 4.39 Å². The summed E-state index contributed by atoms with van der Waals surface area (Å²) in [6.07, 6.45) is 5.59. The average molecular weight is 872 g/mol. The third-order valence-corrected chi connectivity index (χ3v) is 10.8. The van der Waals surface area contributed by atoms with Gasteiger partial charge in [0.15, 0.2) is 0 Å². The van der Waals surface area contributed by atoms with Gasteiger partial charge in [-0.1, -0.05) is 50.8 Å². The maximum Gasteiger partial charge on any atom is 0.252 e. The zero-order chi connectivity index (χ0) is 46.1. The molecule has 3 aromatic carbocycles. The van der Waals surface area contributed by atoms with Crippen molar-refractivity contribution >= 4 is 29.5 Å². The number of nitrogens with two attached hydrogens (primary N) is 3. The molecular weight excluding hydrogens is 810 g/mol. The first-order valence-electron chi connectivity index (χ1n) is 21.5. The van der Waals surface area contributed by atoms with E-state index in [9.17, 15) is 24.0 Å². The Morgan fingerprint density at radius 2 is 1.59 bits per heavy atom. The molecule has 3 aromatic rings. The molecule has 10 N–H and O–H groups in total. The highest BCUT2D eigenvalue weighted by Gasteiger charge is 2.36. The van der Waals surface area contributed by atoms with Crippen molar-refractivity contribution in [2.45, 2.75) is 96.3 Å². The molecule has 4 bridgehead atoms. The van der Waals surface area contributed by atoms with Gasteiger partial charge in [0.2, 0.25) is 23.6 Å². The molecule has 0 aromatic heterocycles. The Labute approximate surface area is 368 Å². The number of nitrogens with one attached hydrogen (secondary N) is 4. The van der Waals surface area contributed by atoms with Gasteiger partial charge in [-0.3, -0.25) is 24.0 Å². The number of hydrogen-bond donors (Lipinski definition) is 7. The van der Waals surface area contributed by atoms with Crippen molar-refractivity contribution in [2.75, 3.05) is 46.4 Å². The molecular formula is C46H62FN9O7. The molecule has 17 heteroatoms. The molecule has 1 aliphatic rings. The zero-order valence-electron chi connectivity index (χ0n) is 36.7. The first kappa shape index (κ1) is 49.6. The predicted octanol–water partition coefficient (Wildman–Crippen LogP) is 2.82. The van der Waals surface area contributed by atoms with Crippen LogP contribution in [0.2, 0.25) is 0 Å². The number of likely N-dealkylation sites (N-methyl/N-ethyl adjacent to an activating group) is 1. The number of hydrogen-bond acceptors (Lipinski definition) is 11. The smallest absolute Gasteiger partial charge is 0.252 e. The van der Waals surface area contributed by atoms with Crippen LogP contribution in [0, 0.1) is 24.1 Å². The van der Waals surface area contributed by atoms with Crippen LogP contribution in [0.1, 0.15) is 91.0 Å². The standard InChI is InChI=1S/C46H62FN9O7/c1-5-6-7-8-9-10-31-23-28(2)33(27-36(31)47)43(58)54-37(15-16-48)46(61)56(4)41-32-12-14-40(63-22-19-51)35(26-32)34-24-30(11-13-39(34)62-21-18-50)25-38(44(59)52-20-17-49)55-42(57)29(3)53-45(41)60/h11-14,23-24,26-27,29,37-38,41H,5-10,15-16,18-22,25,48,50-51H2,1-4H3,(H,52,59)(H,53,60)(H,54,58)(H,55,57)/t29-,37-,38-,41-/m0/s1. The summed E-state index contributed by atoms with van der Waals surface area (Å²) >= 11 is 0. The maximum absolute atomic E-state index is 15.4. The van der Waals surface area contributed by atoms with E-state index in [0.29, 0.717) is 51.3 Å². The minimum Gasteiger partial charge on any atom is -0.492 e. The minimum absolute atomic E-state index is 0.00390.